The van der Waals surface area contributed by atoms with Gasteiger partial charge in [-0.05, 0) is 49.8 Å². The van der Waals surface area contributed by atoms with Crippen LogP contribution in [0.5, 0.6) is 0 Å². The topological polar surface area (TPSA) is 89.8 Å². The smallest absolute Gasteiger partial charge is 0.255 e. The Balaban J connectivity index is 1.75. The third-order valence-corrected chi connectivity index (χ3v) is 7.27. The summed E-state index contributed by atoms with van der Waals surface area (Å²) in [7, 11) is 0. The maximum Gasteiger partial charge on any atom is 0.255 e. The van der Waals surface area contributed by atoms with Gasteiger partial charge in [0.25, 0.3) is 5.91 Å². The molecule has 1 fully saturated rings. The number of aryl methyl sites for hydroxylation is 1. The number of imidazole rings is 1. The number of rotatable bonds is 8. The number of carbonyl (C=O) groups is 2. The summed E-state index contributed by atoms with van der Waals surface area (Å²) in [5.74, 6) is -0.226. The lowest BCUT2D eigenvalue weighted by Crippen LogP contribution is -2.36. The lowest BCUT2D eigenvalue weighted by molar-refractivity contribution is -0.133. The molecule has 2 aromatic heterocycles. The average molecular weight is 488 g/mol. The number of aromatic nitrogens is 4. The second-order valence-electron chi connectivity index (χ2n) is 9.26. The Morgan fingerprint density at radius 2 is 1.91 bits per heavy atom. The van der Waals surface area contributed by atoms with Crippen molar-refractivity contribution >= 4 is 51.7 Å². The van der Waals surface area contributed by atoms with E-state index < -0.39 is 17.4 Å². The number of Topliss-reactive ketones (excluding diaryl/α,β-unsaturated/α-hetero) is 1. The highest BCUT2D eigenvalue weighted by atomic mass is 35.5. The van der Waals surface area contributed by atoms with E-state index >= 15 is 0 Å². The molecule has 9 heteroatoms. The molecule has 33 heavy (non-hydrogen) atoms. The van der Waals surface area contributed by atoms with E-state index in [0.717, 1.165) is 36.9 Å². The van der Waals surface area contributed by atoms with E-state index in [1.807, 2.05) is 13.8 Å². The molecule has 0 radical (unpaired) electrons. The monoisotopic (exact) mass is 487 g/mol. The van der Waals surface area contributed by atoms with Crippen LogP contribution in [0.4, 0.5) is 5.69 Å². The van der Waals surface area contributed by atoms with E-state index in [2.05, 4.69) is 34.1 Å². The molecular formula is C24H27Cl2N5O2. The Kier molecular flexibility index (Phi) is 6.47. The molecule has 1 aliphatic carbocycles. The number of amides is 1. The van der Waals surface area contributed by atoms with E-state index in [1.165, 1.54) is 12.7 Å². The minimum Gasteiger partial charge on any atom is -0.323 e. The van der Waals surface area contributed by atoms with Gasteiger partial charge in [0.2, 0.25) is 0 Å². The molecule has 1 saturated carbocycles. The van der Waals surface area contributed by atoms with E-state index in [4.69, 9.17) is 23.2 Å². The van der Waals surface area contributed by atoms with E-state index in [1.54, 1.807) is 16.7 Å². The molecule has 2 unspecified atom stereocenters. The van der Waals surface area contributed by atoms with Crippen molar-refractivity contribution in [3.05, 3.63) is 46.1 Å². The third kappa shape index (κ3) is 4.62. The number of benzene rings is 1. The summed E-state index contributed by atoms with van der Waals surface area (Å²) >= 11 is 12.4. The fourth-order valence-corrected chi connectivity index (χ4v) is 4.23. The number of halogens is 2. The molecular weight excluding hydrogens is 461 g/mol. The van der Waals surface area contributed by atoms with Crippen LogP contribution in [0.15, 0.2) is 24.8 Å². The summed E-state index contributed by atoms with van der Waals surface area (Å²) in [4.78, 5) is 40.3. The Morgan fingerprint density at radius 1 is 1.18 bits per heavy atom. The first-order chi connectivity index (χ1) is 15.6. The highest BCUT2D eigenvalue weighted by Crippen LogP contribution is 2.48. The van der Waals surface area contributed by atoms with Gasteiger partial charge in [-0.1, -0.05) is 50.4 Å². The second kappa shape index (κ2) is 9.03. The van der Waals surface area contributed by atoms with Crippen LogP contribution in [-0.4, -0.2) is 31.2 Å². The van der Waals surface area contributed by atoms with E-state index in [-0.39, 0.29) is 5.78 Å². The molecule has 1 aliphatic rings. The SMILES string of the molecule is CCC(C)Cc1ncnc2c1ncn2C(C(=O)Nc1cc(C)c(Cl)cc1Cl)C(=O)C1(C)CC1. The summed E-state index contributed by atoms with van der Waals surface area (Å²) in [6.07, 6.45) is 6.23. The maximum absolute atomic E-state index is 13.5. The summed E-state index contributed by atoms with van der Waals surface area (Å²) in [5.41, 5.74) is 2.53. The normalized spacial score (nSPS) is 16.4. The summed E-state index contributed by atoms with van der Waals surface area (Å²) in [6, 6.07) is 2.15. The number of anilines is 1. The Bertz CT molecular complexity index is 1240. The minimum atomic E-state index is -1.12. The Hall–Kier alpha value is -2.51. The van der Waals surface area contributed by atoms with Crippen molar-refractivity contribution in [1.82, 2.24) is 19.5 Å². The summed E-state index contributed by atoms with van der Waals surface area (Å²) in [6.45, 7) is 7.98. The first-order valence-electron chi connectivity index (χ1n) is 11.1. The summed E-state index contributed by atoms with van der Waals surface area (Å²) in [5, 5.41) is 3.63. The van der Waals surface area contributed by atoms with Crippen LogP contribution < -0.4 is 5.32 Å². The molecule has 0 bridgehead atoms. The van der Waals surface area contributed by atoms with Gasteiger partial charge in [-0.15, -0.1) is 0 Å². The van der Waals surface area contributed by atoms with Crippen molar-refractivity contribution in [3.8, 4) is 0 Å². The zero-order valence-corrected chi connectivity index (χ0v) is 20.7. The van der Waals surface area contributed by atoms with Gasteiger partial charge >= 0.3 is 0 Å². The van der Waals surface area contributed by atoms with Gasteiger partial charge in [0.1, 0.15) is 11.8 Å². The van der Waals surface area contributed by atoms with Crippen molar-refractivity contribution in [2.75, 3.05) is 5.32 Å². The van der Waals surface area contributed by atoms with Gasteiger partial charge in [0.05, 0.1) is 22.7 Å². The molecule has 1 N–H and O–H groups in total. The zero-order chi connectivity index (χ0) is 23.9. The standard InChI is InChI=1S/C24H27Cl2N5O2/c1-5-13(2)8-18-19-22(28-11-27-18)31(12-29-19)20(21(32)24(4)6-7-24)23(33)30-17-9-14(3)15(25)10-16(17)26/h9-13,20H,5-8H2,1-4H3,(H,30,33). The predicted molar refractivity (Wildman–Crippen MR) is 130 cm³/mol. The molecule has 4 rings (SSSR count). The Morgan fingerprint density at radius 3 is 2.58 bits per heavy atom. The van der Waals surface area contributed by atoms with Gasteiger partial charge < -0.3 is 5.32 Å². The highest BCUT2D eigenvalue weighted by molar-refractivity contribution is 6.37. The number of fused-ring (bicyclic) bond motifs is 1. The number of ketones is 1. The lowest BCUT2D eigenvalue weighted by Gasteiger charge is -2.21. The molecule has 0 aliphatic heterocycles. The molecule has 7 nitrogen and oxygen atoms in total. The quantitative estimate of drug-likeness (QED) is 0.418. The minimum absolute atomic E-state index is 0.164. The van der Waals surface area contributed by atoms with Crippen LogP contribution in [0.25, 0.3) is 11.2 Å². The third-order valence-electron chi connectivity index (χ3n) is 6.55. The second-order valence-corrected chi connectivity index (χ2v) is 10.1. The molecule has 0 spiro atoms. The molecule has 1 aromatic carbocycles. The maximum atomic E-state index is 13.5. The molecule has 174 valence electrons. The fraction of sp³-hybridized carbons (Fsp3) is 0.458. The van der Waals surface area contributed by atoms with Crippen molar-refractivity contribution in [3.63, 3.8) is 0 Å². The first-order valence-corrected chi connectivity index (χ1v) is 11.9. The first kappa shape index (κ1) is 23.6. The van der Waals surface area contributed by atoms with Gasteiger partial charge in [-0.3, -0.25) is 14.2 Å². The molecule has 1 amide bonds. The predicted octanol–water partition coefficient (Wildman–Crippen LogP) is 5.58. The van der Waals surface area contributed by atoms with Crippen LogP contribution in [-0.2, 0) is 16.0 Å². The number of nitrogens with one attached hydrogen (secondary N) is 1. The molecule has 2 atom stereocenters. The van der Waals surface area contributed by atoms with Gasteiger partial charge in [-0.25, -0.2) is 15.0 Å². The highest BCUT2D eigenvalue weighted by Gasteiger charge is 2.50. The lowest BCUT2D eigenvalue weighted by atomic mass is 9.96. The Labute approximate surface area is 202 Å². The average Bonchev–Trinajstić information content (AvgIpc) is 3.39. The number of carbonyl (C=O) groups excluding carboxylic acids is 2. The number of hydrogen-bond acceptors (Lipinski definition) is 5. The van der Waals surface area contributed by atoms with Crippen LogP contribution in [0.2, 0.25) is 10.0 Å². The van der Waals surface area contributed by atoms with Gasteiger partial charge in [-0.2, -0.15) is 0 Å². The van der Waals surface area contributed by atoms with E-state index in [9.17, 15) is 9.59 Å². The van der Waals surface area contributed by atoms with E-state index in [0.29, 0.717) is 32.8 Å². The van der Waals surface area contributed by atoms with Crippen LogP contribution in [0.1, 0.15) is 57.3 Å². The zero-order valence-electron chi connectivity index (χ0n) is 19.2. The van der Waals surface area contributed by atoms with Crippen molar-refractivity contribution in [2.45, 2.75) is 59.4 Å². The summed E-state index contributed by atoms with van der Waals surface area (Å²) < 4.78 is 1.56. The van der Waals surface area contributed by atoms with Crippen LogP contribution in [0, 0.1) is 18.3 Å². The number of nitrogens with zero attached hydrogens (tertiary/aromatic N) is 4. The van der Waals surface area contributed by atoms with Gasteiger partial charge in [0, 0.05) is 10.4 Å². The fourth-order valence-electron chi connectivity index (χ4n) is 3.80. The van der Waals surface area contributed by atoms with Crippen molar-refractivity contribution in [2.24, 2.45) is 11.3 Å². The molecule has 0 saturated heterocycles. The molecule has 3 aromatic rings. The van der Waals surface area contributed by atoms with Gasteiger partial charge in [0.15, 0.2) is 17.5 Å². The van der Waals surface area contributed by atoms with Crippen LogP contribution >= 0.6 is 23.2 Å². The van der Waals surface area contributed by atoms with Crippen LogP contribution in [0.3, 0.4) is 0 Å². The van der Waals surface area contributed by atoms with Crippen molar-refractivity contribution in [1.29, 1.82) is 0 Å². The number of hydrogen-bond donors (Lipinski definition) is 1. The largest absolute Gasteiger partial charge is 0.323 e. The van der Waals surface area contributed by atoms with Crippen molar-refractivity contribution < 1.29 is 9.59 Å². The molecule has 2 heterocycles.